The first-order chi connectivity index (χ1) is 18.8. The SMILES string of the molecule is CC(C)OC(=O)c1[nH]c2c(ccc3ccc4c(C(=O)OC(C)C)c(C(=O)OC(C)C)[nH]c4c32)c1C(=O)OC(C)C. The van der Waals surface area contributed by atoms with E-state index in [-0.39, 0.29) is 22.5 Å². The number of nitrogens with one attached hydrogen (secondary N) is 2. The van der Waals surface area contributed by atoms with Gasteiger partial charge in [-0.25, -0.2) is 19.2 Å². The molecule has 0 atom stereocenters. The molecule has 0 aliphatic rings. The summed E-state index contributed by atoms with van der Waals surface area (Å²) in [6.07, 6.45) is -1.70. The fourth-order valence-electron chi connectivity index (χ4n) is 4.56. The summed E-state index contributed by atoms with van der Waals surface area (Å²) >= 11 is 0. The number of hydrogen-bond donors (Lipinski definition) is 2. The summed E-state index contributed by atoms with van der Waals surface area (Å²) in [4.78, 5) is 58.7. The number of aromatic nitrogens is 2. The number of esters is 4. The van der Waals surface area contributed by atoms with Crippen molar-refractivity contribution in [1.29, 1.82) is 0 Å². The lowest BCUT2D eigenvalue weighted by atomic mass is 10.0. The monoisotopic (exact) mass is 550 g/mol. The summed E-state index contributed by atoms with van der Waals surface area (Å²) in [6, 6.07) is 7.00. The molecule has 0 fully saturated rings. The highest BCUT2D eigenvalue weighted by Gasteiger charge is 2.31. The predicted octanol–water partition coefficient (Wildman–Crippen LogP) is 6.06. The Balaban J connectivity index is 2.09. The number of aromatic amines is 2. The number of H-pyrrole nitrogens is 2. The zero-order valence-corrected chi connectivity index (χ0v) is 23.9. The third-order valence-corrected chi connectivity index (χ3v) is 5.91. The predicted molar refractivity (Wildman–Crippen MR) is 150 cm³/mol. The Kier molecular flexibility index (Phi) is 7.91. The number of hydrogen-bond acceptors (Lipinski definition) is 8. The van der Waals surface area contributed by atoms with Crippen molar-refractivity contribution < 1.29 is 38.1 Å². The number of rotatable bonds is 8. The van der Waals surface area contributed by atoms with Crippen LogP contribution in [0.2, 0.25) is 0 Å². The van der Waals surface area contributed by atoms with E-state index in [1.54, 1.807) is 79.7 Å². The molecule has 0 saturated heterocycles. The van der Waals surface area contributed by atoms with Gasteiger partial charge in [0.2, 0.25) is 0 Å². The van der Waals surface area contributed by atoms with E-state index in [1.807, 2.05) is 0 Å². The van der Waals surface area contributed by atoms with Gasteiger partial charge in [0.05, 0.1) is 46.6 Å². The minimum absolute atomic E-state index is 0.0405. The van der Waals surface area contributed by atoms with E-state index < -0.39 is 48.3 Å². The average molecular weight is 551 g/mol. The molecule has 2 N–H and O–H groups in total. The van der Waals surface area contributed by atoms with Crippen molar-refractivity contribution in [3.05, 3.63) is 46.8 Å². The Morgan fingerprint density at radius 1 is 0.525 bits per heavy atom. The summed E-state index contributed by atoms with van der Waals surface area (Å²) in [5.41, 5.74) is 0.845. The molecule has 0 aliphatic carbocycles. The lowest BCUT2D eigenvalue weighted by molar-refractivity contribution is 0.0326. The second-order valence-corrected chi connectivity index (χ2v) is 10.6. The molecule has 4 rings (SSSR count). The van der Waals surface area contributed by atoms with Crippen molar-refractivity contribution in [2.24, 2.45) is 0 Å². The highest BCUT2D eigenvalue weighted by atomic mass is 16.6. The van der Waals surface area contributed by atoms with Crippen LogP contribution < -0.4 is 0 Å². The third kappa shape index (κ3) is 5.38. The van der Waals surface area contributed by atoms with Crippen molar-refractivity contribution in [2.45, 2.75) is 79.8 Å². The topological polar surface area (TPSA) is 137 Å². The summed E-state index contributed by atoms with van der Waals surface area (Å²) in [5, 5.41) is 2.13. The molecule has 4 aromatic rings. The van der Waals surface area contributed by atoms with Crippen LogP contribution in [0.25, 0.3) is 32.6 Å². The maximum atomic E-state index is 13.2. The lowest BCUT2D eigenvalue weighted by Crippen LogP contribution is -2.18. The highest BCUT2D eigenvalue weighted by molar-refractivity contribution is 6.26. The minimum Gasteiger partial charge on any atom is -0.459 e. The Bertz CT molecular complexity index is 1520. The molecule has 40 heavy (non-hydrogen) atoms. The zero-order valence-electron chi connectivity index (χ0n) is 23.9. The fourth-order valence-corrected chi connectivity index (χ4v) is 4.56. The normalized spacial score (nSPS) is 11.8. The van der Waals surface area contributed by atoms with Crippen LogP contribution in [0.3, 0.4) is 0 Å². The molecule has 0 unspecified atom stereocenters. The molecule has 0 saturated carbocycles. The molecule has 2 aromatic carbocycles. The number of carbonyl (C=O) groups is 4. The lowest BCUT2D eigenvalue weighted by Gasteiger charge is -2.10. The van der Waals surface area contributed by atoms with E-state index in [4.69, 9.17) is 18.9 Å². The molecule has 10 nitrogen and oxygen atoms in total. The number of benzene rings is 2. The summed E-state index contributed by atoms with van der Waals surface area (Å²) < 4.78 is 21.7. The van der Waals surface area contributed by atoms with Gasteiger partial charge in [0.15, 0.2) is 0 Å². The van der Waals surface area contributed by atoms with Gasteiger partial charge in [-0.2, -0.15) is 0 Å². The van der Waals surface area contributed by atoms with Crippen molar-refractivity contribution in [1.82, 2.24) is 9.97 Å². The second-order valence-electron chi connectivity index (χ2n) is 10.6. The first-order valence-electron chi connectivity index (χ1n) is 13.3. The minimum atomic E-state index is -0.712. The second kappa shape index (κ2) is 11.0. The Morgan fingerprint density at radius 2 is 0.850 bits per heavy atom. The van der Waals surface area contributed by atoms with Crippen LogP contribution in [0.15, 0.2) is 24.3 Å². The van der Waals surface area contributed by atoms with Crippen LogP contribution >= 0.6 is 0 Å². The molecular weight excluding hydrogens is 516 g/mol. The summed E-state index contributed by atoms with van der Waals surface area (Å²) in [7, 11) is 0. The number of ether oxygens (including phenoxy) is 4. The maximum Gasteiger partial charge on any atom is 0.355 e. The van der Waals surface area contributed by atoms with Crippen molar-refractivity contribution in [3.8, 4) is 0 Å². The van der Waals surface area contributed by atoms with Gasteiger partial charge in [-0.1, -0.05) is 24.3 Å². The molecular formula is C30H34N2O8. The van der Waals surface area contributed by atoms with Crippen molar-refractivity contribution >= 4 is 56.5 Å². The van der Waals surface area contributed by atoms with Gasteiger partial charge in [0.25, 0.3) is 0 Å². The van der Waals surface area contributed by atoms with Gasteiger partial charge in [0.1, 0.15) is 11.4 Å². The smallest absolute Gasteiger partial charge is 0.355 e. The summed E-state index contributed by atoms with van der Waals surface area (Å²) in [6.45, 7) is 13.7. The van der Waals surface area contributed by atoms with Crippen LogP contribution in [0, 0.1) is 0 Å². The van der Waals surface area contributed by atoms with Gasteiger partial charge < -0.3 is 28.9 Å². The molecule has 10 heteroatoms. The van der Waals surface area contributed by atoms with E-state index >= 15 is 0 Å². The molecule has 0 bridgehead atoms. The van der Waals surface area contributed by atoms with Gasteiger partial charge in [-0.3, -0.25) is 0 Å². The van der Waals surface area contributed by atoms with Crippen LogP contribution in [-0.2, 0) is 18.9 Å². The highest BCUT2D eigenvalue weighted by Crippen LogP contribution is 2.37. The molecule has 212 valence electrons. The van der Waals surface area contributed by atoms with E-state index in [9.17, 15) is 19.2 Å². The van der Waals surface area contributed by atoms with E-state index in [2.05, 4.69) is 9.97 Å². The van der Waals surface area contributed by atoms with E-state index in [0.717, 1.165) is 5.39 Å². The van der Waals surface area contributed by atoms with Crippen LogP contribution in [0.4, 0.5) is 0 Å². The number of fused-ring (bicyclic) bond motifs is 5. The summed E-state index contributed by atoms with van der Waals surface area (Å²) in [5.74, 6) is -2.79. The first-order valence-corrected chi connectivity index (χ1v) is 13.3. The average Bonchev–Trinajstić information content (AvgIpc) is 3.41. The van der Waals surface area contributed by atoms with Crippen molar-refractivity contribution in [2.75, 3.05) is 0 Å². The molecule has 0 amide bonds. The van der Waals surface area contributed by atoms with E-state index in [1.165, 1.54) is 0 Å². The van der Waals surface area contributed by atoms with Crippen LogP contribution in [0.5, 0.6) is 0 Å². The Morgan fingerprint density at radius 3 is 1.18 bits per heavy atom. The van der Waals surface area contributed by atoms with Gasteiger partial charge in [0, 0.05) is 16.2 Å². The molecule has 2 heterocycles. The molecule has 2 aromatic heterocycles. The Hall–Kier alpha value is -4.34. The molecule has 0 radical (unpaired) electrons. The maximum absolute atomic E-state index is 13.2. The Labute approximate surface area is 231 Å². The van der Waals surface area contributed by atoms with Gasteiger partial charge in [-0.05, 0) is 60.8 Å². The van der Waals surface area contributed by atoms with Crippen LogP contribution in [-0.4, -0.2) is 58.3 Å². The quantitative estimate of drug-likeness (QED) is 0.199. The number of carbonyl (C=O) groups excluding carboxylic acids is 4. The zero-order chi connectivity index (χ0) is 29.5. The fraction of sp³-hybridized carbons (Fsp3) is 0.400. The van der Waals surface area contributed by atoms with Gasteiger partial charge in [-0.15, -0.1) is 0 Å². The first kappa shape index (κ1) is 28.7. The largest absolute Gasteiger partial charge is 0.459 e. The molecule has 0 aliphatic heterocycles. The van der Waals surface area contributed by atoms with E-state index in [0.29, 0.717) is 27.2 Å². The molecule has 0 spiro atoms. The van der Waals surface area contributed by atoms with Crippen molar-refractivity contribution in [3.63, 3.8) is 0 Å². The van der Waals surface area contributed by atoms with Gasteiger partial charge >= 0.3 is 23.9 Å². The standard InChI is InChI=1S/C30H34N2O8/c1-13(2)37-27(33)21-18-11-9-17-10-12-19-22(28(34)38-14(3)4)26(30(36)40-16(7)8)32-24(19)20(17)23(18)31-25(21)29(35)39-15(5)6/h9-16,31-32H,1-8H3. The van der Waals surface area contributed by atoms with Crippen LogP contribution in [0.1, 0.15) is 97.1 Å². The third-order valence-electron chi connectivity index (χ3n) is 5.91.